The molecule has 0 unspecified atom stereocenters. The molecule has 0 saturated carbocycles. The molecule has 182 valence electrons. The molecule has 0 bridgehead atoms. The molecule has 0 atom stereocenters. The van der Waals surface area contributed by atoms with E-state index in [1.165, 1.54) is 5.56 Å². The number of fused-ring (bicyclic) bond motifs is 1. The Kier molecular flexibility index (Phi) is 7.91. The lowest BCUT2D eigenvalue weighted by molar-refractivity contribution is 0.0949. The van der Waals surface area contributed by atoms with Crippen LogP contribution in [-0.4, -0.2) is 22.1 Å². The molecule has 0 saturated heterocycles. The van der Waals surface area contributed by atoms with Crippen molar-refractivity contribution >= 4 is 32.9 Å². The molecule has 0 aliphatic heterocycles. The molecule has 4 aromatic rings. The zero-order valence-corrected chi connectivity index (χ0v) is 22.1. The summed E-state index contributed by atoms with van der Waals surface area (Å²) in [6.07, 6.45) is 1.88. The summed E-state index contributed by atoms with van der Waals surface area (Å²) in [6.45, 7) is 8.49. The van der Waals surface area contributed by atoms with Gasteiger partial charge in [0, 0.05) is 16.6 Å². The molecule has 0 aliphatic carbocycles. The molecule has 0 aliphatic rings. The molecule has 4 rings (SSSR count). The maximum atomic E-state index is 12.6. The molecule has 6 heteroatoms. The smallest absolute Gasteiger partial charge is 0.251 e. The van der Waals surface area contributed by atoms with Crippen molar-refractivity contribution in [2.24, 2.45) is 0 Å². The first-order valence-electron chi connectivity index (χ1n) is 12.0. The number of unbranched alkanes of at least 4 members (excludes halogenated alkanes) is 1. The maximum absolute atomic E-state index is 12.6. The number of imidazole rings is 1. The molecule has 1 aromatic heterocycles. The van der Waals surface area contributed by atoms with E-state index in [9.17, 15) is 4.79 Å². The number of rotatable bonds is 9. The van der Waals surface area contributed by atoms with Gasteiger partial charge >= 0.3 is 0 Å². The van der Waals surface area contributed by atoms with Crippen LogP contribution in [0.1, 0.15) is 55.4 Å². The van der Waals surface area contributed by atoms with E-state index in [0.717, 1.165) is 46.5 Å². The summed E-state index contributed by atoms with van der Waals surface area (Å²) in [5, 5.41) is 3.01. The minimum Gasteiger partial charge on any atom is -0.494 e. The molecular formula is C29H32BrN3O2. The van der Waals surface area contributed by atoms with Crippen LogP contribution in [0.25, 0.3) is 11.0 Å². The van der Waals surface area contributed by atoms with Crippen molar-refractivity contribution in [3.8, 4) is 5.75 Å². The predicted molar refractivity (Wildman–Crippen MR) is 145 cm³/mol. The van der Waals surface area contributed by atoms with E-state index in [1.54, 1.807) is 12.1 Å². The Labute approximate surface area is 215 Å². The number of amides is 1. The normalized spacial score (nSPS) is 11.5. The third-order valence-electron chi connectivity index (χ3n) is 6.01. The Bertz CT molecular complexity index is 1270. The maximum Gasteiger partial charge on any atom is 0.251 e. The van der Waals surface area contributed by atoms with Gasteiger partial charge in [0.1, 0.15) is 11.6 Å². The first-order chi connectivity index (χ1) is 16.8. The number of aromatic nitrogens is 2. The van der Waals surface area contributed by atoms with Crippen LogP contribution in [0, 0.1) is 0 Å². The van der Waals surface area contributed by atoms with Crippen LogP contribution in [0.2, 0.25) is 0 Å². The van der Waals surface area contributed by atoms with Crippen LogP contribution >= 0.6 is 15.9 Å². The Hall–Kier alpha value is -3.12. The lowest BCUT2D eigenvalue weighted by Gasteiger charge is -2.19. The highest BCUT2D eigenvalue weighted by atomic mass is 79.9. The van der Waals surface area contributed by atoms with E-state index in [1.807, 2.05) is 30.3 Å². The van der Waals surface area contributed by atoms with E-state index in [4.69, 9.17) is 9.72 Å². The quantitative estimate of drug-likeness (QED) is 0.238. The molecule has 0 radical (unpaired) electrons. The molecule has 3 aromatic carbocycles. The third-order valence-corrected chi connectivity index (χ3v) is 6.54. The number of benzene rings is 3. The van der Waals surface area contributed by atoms with E-state index in [-0.39, 0.29) is 11.3 Å². The second kappa shape index (κ2) is 11.1. The van der Waals surface area contributed by atoms with Gasteiger partial charge in [-0.25, -0.2) is 4.98 Å². The molecule has 1 N–H and O–H groups in total. The Balaban J connectivity index is 1.34. The number of ether oxygens (including phenoxy) is 1. The number of para-hydroxylation sites is 2. The average Bonchev–Trinajstić information content (AvgIpc) is 3.20. The van der Waals surface area contributed by atoms with Crippen LogP contribution in [0.5, 0.6) is 5.75 Å². The number of carbonyl (C=O) groups is 1. The fourth-order valence-corrected chi connectivity index (χ4v) is 4.25. The summed E-state index contributed by atoms with van der Waals surface area (Å²) < 4.78 is 9.11. The van der Waals surface area contributed by atoms with Crippen LogP contribution in [0.3, 0.4) is 0 Å². The molecule has 0 fully saturated rings. The minimum absolute atomic E-state index is 0.109. The molecule has 0 spiro atoms. The number of nitrogens with one attached hydrogen (secondary N) is 1. The van der Waals surface area contributed by atoms with Crippen molar-refractivity contribution in [1.29, 1.82) is 0 Å². The fraction of sp³-hybridized carbons (Fsp3) is 0.310. The minimum atomic E-state index is -0.109. The van der Waals surface area contributed by atoms with Gasteiger partial charge in [0.05, 0.1) is 24.2 Å². The second-order valence-electron chi connectivity index (χ2n) is 9.69. The molecule has 1 amide bonds. The summed E-state index contributed by atoms with van der Waals surface area (Å²) >= 11 is 3.40. The van der Waals surface area contributed by atoms with Crippen LogP contribution in [0.4, 0.5) is 0 Å². The summed E-state index contributed by atoms with van der Waals surface area (Å²) in [5.74, 6) is 1.65. The average molecular weight is 534 g/mol. The Morgan fingerprint density at radius 3 is 2.40 bits per heavy atom. The van der Waals surface area contributed by atoms with E-state index in [0.29, 0.717) is 18.7 Å². The van der Waals surface area contributed by atoms with E-state index < -0.39 is 0 Å². The first-order valence-corrected chi connectivity index (χ1v) is 12.8. The van der Waals surface area contributed by atoms with Crippen molar-refractivity contribution in [2.75, 3.05) is 6.61 Å². The summed E-state index contributed by atoms with van der Waals surface area (Å²) in [7, 11) is 0. The lowest BCUT2D eigenvalue weighted by Crippen LogP contribution is -2.24. The zero-order chi connectivity index (χ0) is 24.8. The highest BCUT2D eigenvalue weighted by Gasteiger charge is 2.14. The standard InChI is InChI=1S/C29H32BrN3O2/c1-29(2,3)22-12-16-24(17-13-22)35-19-7-6-18-33-26-9-5-4-8-25(26)32-27(33)20-31-28(34)21-10-14-23(30)15-11-21/h4-5,8-17H,6-7,18-20H2,1-3H3,(H,31,34). The largest absolute Gasteiger partial charge is 0.494 e. The van der Waals surface area contributed by atoms with Crippen molar-refractivity contribution in [2.45, 2.75) is 52.1 Å². The summed E-state index contributed by atoms with van der Waals surface area (Å²) in [4.78, 5) is 17.4. The van der Waals surface area contributed by atoms with Crippen LogP contribution in [0.15, 0.2) is 77.3 Å². The number of carbonyl (C=O) groups excluding carboxylic acids is 1. The Morgan fingerprint density at radius 1 is 0.971 bits per heavy atom. The SMILES string of the molecule is CC(C)(C)c1ccc(OCCCCn2c(CNC(=O)c3ccc(Br)cc3)nc3ccccc32)cc1. The first kappa shape index (κ1) is 25.0. The number of hydrogen-bond donors (Lipinski definition) is 1. The van der Waals surface area contributed by atoms with Crippen molar-refractivity contribution in [3.05, 3.63) is 94.2 Å². The highest BCUT2D eigenvalue weighted by molar-refractivity contribution is 9.10. The number of hydrogen-bond acceptors (Lipinski definition) is 3. The van der Waals surface area contributed by atoms with Gasteiger partial charge in [-0.3, -0.25) is 4.79 Å². The van der Waals surface area contributed by atoms with Gasteiger partial charge < -0.3 is 14.6 Å². The highest BCUT2D eigenvalue weighted by Crippen LogP contribution is 2.24. The lowest BCUT2D eigenvalue weighted by atomic mass is 9.87. The molecule has 1 heterocycles. The Morgan fingerprint density at radius 2 is 1.69 bits per heavy atom. The van der Waals surface area contributed by atoms with Crippen molar-refractivity contribution in [3.63, 3.8) is 0 Å². The molecule has 5 nitrogen and oxygen atoms in total. The molecular weight excluding hydrogens is 502 g/mol. The van der Waals surface area contributed by atoms with Gasteiger partial charge in [0.25, 0.3) is 5.91 Å². The van der Waals surface area contributed by atoms with Gasteiger partial charge in [0.2, 0.25) is 0 Å². The van der Waals surface area contributed by atoms with E-state index >= 15 is 0 Å². The summed E-state index contributed by atoms with van der Waals surface area (Å²) in [6, 6.07) is 23.8. The van der Waals surface area contributed by atoms with Gasteiger partial charge in [0.15, 0.2) is 0 Å². The summed E-state index contributed by atoms with van der Waals surface area (Å²) in [5.41, 5.74) is 4.09. The van der Waals surface area contributed by atoms with Gasteiger partial charge in [-0.15, -0.1) is 0 Å². The van der Waals surface area contributed by atoms with Gasteiger partial charge in [-0.2, -0.15) is 0 Å². The van der Waals surface area contributed by atoms with Crippen LogP contribution in [-0.2, 0) is 18.5 Å². The fourth-order valence-electron chi connectivity index (χ4n) is 3.99. The van der Waals surface area contributed by atoms with Gasteiger partial charge in [-0.1, -0.05) is 61.0 Å². The van der Waals surface area contributed by atoms with E-state index in [2.05, 4.69) is 76.9 Å². The van der Waals surface area contributed by atoms with Crippen molar-refractivity contribution in [1.82, 2.24) is 14.9 Å². The number of halogens is 1. The van der Waals surface area contributed by atoms with Crippen LogP contribution < -0.4 is 10.1 Å². The van der Waals surface area contributed by atoms with Crippen molar-refractivity contribution < 1.29 is 9.53 Å². The third kappa shape index (κ3) is 6.51. The zero-order valence-electron chi connectivity index (χ0n) is 20.6. The predicted octanol–water partition coefficient (Wildman–Crippen LogP) is 6.89. The monoisotopic (exact) mass is 533 g/mol. The second-order valence-corrected chi connectivity index (χ2v) is 10.6. The molecule has 35 heavy (non-hydrogen) atoms. The van der Waals surface area contributed by atoms with Gasteiger partial charge in [-0.05, 0) is 72.4 Å². The number of nitrogens with zero attached hydrogens (tertiary/aromatic N) is 2. The number of aryl methyl sites for hydroxylation is 1. The topological polar surface area (TPSA) is 56.1 Å².